The van der Waals surface area contributed by atoms with E-state index in [1.54, 1.807) is 13.0 Å². The molecule has 2 fully saturated rings. The summed E-state index contributed by atoms with van der Waals surface area (Å²) in [4.78, 5) is 17.8. The van der Waals surface area contributed by atoms with Gasteiger partial charge in [-0.05, 0) is 11.6 Å². The van der Waals surface area contributed by atoms with Crippen LogP contribution in [0.3, 0.4) is 0 Å². The van der Waals surface area contributed by atoms with Crippen LogP contribution < -0.4 is 0 Å². The maximum atomic E-state index is 11.9. The number of hydrogen-bond donors (Lipinski definition) is 0. The number of carbonyl (C=O) groups excluding carboxylic acids is 1. The van der Waals surface area contributed by atoms with E-state index in [2.05, 4.69) is 4.99 Å². The van der Waals surface area contributed by atoms with Gasteiger partial charge in [-0.3, -0.25) is 4.79 Å². The summed E-state index contributed by atoms with van der Waals surface area (Å²) >= 11 is 7.62. The van der Waals surface area contributed by atoms with Gasteiger partial charge in [0.1, 0.15) is 0 Å². The highest BCUT2D eigenvalue weighted by Gasteiger charge is 2.48. The first-order valence-corrected chi connectivity index (χ1v) is 10.5. The zero-order valence-electron chi connectivity index (χ0n) is 12.6. The SMILES string of the molecule is CCC(=O)N=C1S[C@H]2CS(=O)(=O)C[C@@H]2N1Cc1ccccc1Cl. The normalized spacial score (nSPS) is 27.4. The van der Waals surface area contributed by atoms with Gasteiger partial charge in [-0.1, -0.05) is 48.5 Å². The predicted molar refractivity (Wildman–Crippen MR) is 93.5 cm³/mol. The first kappa shape index (κ1) is 16.8. The van der Waals surface area contributed by atoms with Crippen LogP contribution in [0.5, 0.6) is 0 Å². The van der Waals surface area contributed by atoms with Crippen molar-refractivity contribution in [2.45, 2.75) is 31.2 Å². The minimum absolute atomic E-state index is 0.0640. The van der Waals surface area contributed by atoms with Gasteiger partial charge in [0.05, 0.1) is 17.5 Å². The van der Waals surface area contributed by atoms with Crippen molar-refractivity contribution in [1.29, 1.82) is 0 Å². The van der Waals surface area contributed by atoms with Crippen LogP contribution in [0.25, 0.3) is 0 Å². The quantitative estimate of drug-likeness (QED) is 0.814. The van der Waals surface area contributed by atoms with Crippen molar-refractivity contribution in [3.05, 3.63) is 34.9 Å². The molecule has 2 heterocycles. The molecule has 8 heteroatoms. The van der Waals surface area contributed by atoms with Gasteiger partial charge in [0, 0.05) is 23.2 Å². The summed E-state index contributed by atoms with van der Waals surface area (Å²) in [5.41, 5.74) is 0.899. The van der Waals surface area contributed by atoms with E-state index in [0.29, 0.717) is 23.2 Å². The number of amidine groups is 1. The number of halogens is 1. The number of rotatable bonds is 3. The maximum Gasteiger partial charge on any atom is 0.247 e. The van der Waals surface area contributed by atoms with Crippen molar-refractivity contribution < 1.29 is 13.2 Å². The second-order valence-electron chi connectivity index (χ2n) is 5.66. The molecule has 2 saturated heterocycles. The van der Waals surface area contributed by atoms with E-state index < -0.39 is 9.84 Å². The monoisotopic (exact) mass is 372 g/mol. The van der Waals surface area contributed by atoms with E-state index in [1.807, 2.05) is 23.1 Å². The lowest BCUT2D eigenvalue weighted by Crippen LogP contribution is -2.37. The third kappa shape index (κ3) is 3.56. The number of aliphatic imine (C=N–C) groups is 1. The van der Waals surface area contributed by atoms with Gasteiger partial charge in [0.2, 0.25) is 5.91 Å². The Kier molecular flexibility index (Phi) is 4.71. The summed E-state index contributed by atoms with van der Waals surface area (Å²) in [6.45, 7) is 2.22. The maximum absolute atomic E-state index is 11.9. The molecule has 0 N–H and O–H groups in total. The number of carbonyl (C=O) groups is 1. The molecule has 2 atom stereocenters. The fourth-order valence-electron chi connectivity index (χ4n) is 2.82. The Morgan fingerprint density at radius 3 is 2.83 bits per heavy atom. The fourth-order valence-corrected chi connectivity index (χ4v) is 6.98. The molecule has 0 unspecified atom stereocenters. The van der Waals surface area contributed by atoms with E-state index in [-0.39, 0.29) is 28.7 Å². The minimum Gasteiger partial charge on any atom is -0.342 e. The van der Waals surface area contributed by atoms with E-state index in [0.717, 1.165) is 5.56 Å². The molecule has 2 aliphatic rings. The Balaban J connectivity index is 1.92. The molecule has 1 aromatic rings. The molecule has 0 bridgehead atoms. The summed E-state index contributed by atoms with van der Waals surface area (Å²) in [7, 11) is -3.03. The average molecular weight is 373 g/mol. The van der Waals surface area contributed by atoms with Crippen molar-refractivity contribution >= 4 is 44.3 Å². The van der Waals surface area contributed by atoms with E-state index in [4.69, 9.17) is 11.6 Å². The average Bonchev–Trinajstić information content (AvgIpc) is 2.94. The summed E-state index contributed by atoms with van der Waals surface area (Å²) < 4.78 is 23.8. The van der Waals surface area contributed by atoms with Crippen LogP contribution in [0.4, 0.5) is 0 Å². The molecular weight excluding hydrogens is 356 g/mol. The van der Waals surface area contributed by atoms with Gasteiger partial charge in [0.15, 0.2) is 15.0 Å². The number of benzene rings is 1. The Labute approximate surface area is 145 Å². The number of sulfone groups is 1. The molecule has 124 valence electrons. The summed E-state index contributed by atoms with van der Waals surface area (Å²) in [5.74, 6) is 0.0503. The molecule has 3 rings (SSSR count). The molecule has 2 aliphatic heterocycles. The van der Waals surface area contributed by atoms with Crippen molar-refractivity contribution in [1.82, 2.24) is 4.90 Å². The van der Waals surface area contributed by atoms with Crippen LogP contribution in [0, 0.1) is 0 Å². The van der Waals surface area contributed by atoms with E-state index in [9.17, 15) is 13.2 Å². The third-order valence-corrected chi connectivity index (χ3v) is 7.61. The molecule has 0 aliphatic carbocycles. The zero-order valence-corrected chi connectivity index (χ0v) is 15.0. The summed E-state index contributed by atoms with van der Waals surface area (Å²) in [5, 5.41) is 1.18. The Bertz CT molecular complexity index is 764. The summed E-state index contributed by atoms with van der Waals surface area (Å²) in [6.07, 6.45) is 0.331. The summed E-state index contributed by atoms with van der Waals surface area (Å²) in [6, 6.07) is 7.30. The highest BCUT2D eigenvalue weighted by Crippen LogP contribution is 2.39. The van der Waals surface area contributed by atoms with Crippen LogP contribution in [0.1, 0.15) is 18.9 Å². The lowest BCUT2D eigenvalue weighted by Gasteiger charge is -2.24. The Morgan fingerprint density at radius 2 is 2.13 bits per heavy atom. The van der Waals surface area contributed by atoms with Gasteiger partial charge in [0.25, 0.3) is 0 Å². The van der Waals surface area contributed by atoms with Gasteiger partial charge in [-0.25, -0.2) is 8.42 Å². The lowest BCUT2D eigenvalue weighted by atomic mass is 10.1. The second-order valence-corrected chi connectivity index (χ2v) is 9.43. The topological polar surface area (TPSA) is 66.8 Å². The van der Waals surface area contributed by atoms with E-state index in [1.165, 1.54) is 11.8 Å². The van der Waals surface area contributed by atoms with Crippen molar-refractivity contribution in [2.75, 3.05) is 11.5 Å². The Hall–Kier alpha value is -1.05. The third-order valence-electron chi connectivity index (χ3n) is 4.00. The molecule has 5 nitrogen and oxygen atoms in total. The zero-order chi connectivity index (χ0) is 16.6. The van der Waals surface area contributed by atoms with Gasteiger partial charge in [-0.2, -0.15) is 4.99 Å². The number of fused-ring (bicyclic) bond motifs is 1. The molecule has 23 heavy (non-hydrogen) atoms. The molecule has 0 spiro atoms. The molecule has 1 amide bonds. The van der Waals surface area contributed by atoms with Crippen LogP contribution in [-0.2, 0) is 21.2 Å². The number of amides is 1. The van der Waals surface area contributed by atoms with Gasteiger partial charge < -0.3 is 4.90 Å². The van der Waals surface area contributed by atoms with Gasteiger partial charge >= 0.3 is 0 Å². The van der Waals surface area contributed by atoms with Gasteiger partial charge in [-0.15, -0.1) is 0 Å². The highest BCUT2D eigenvalue weighted by molar-refractivity contribution is 8.15. The van der Waals surface area contributed by atoms with Crippen LogP contribution in [0.15, 0.2) is 29.3 Å². The number of nitrogens with zero attached hydrogens (tertiary/aromatic N) is 2. The first-order chi connectivity index (χ1) is 10.9. The molecule has 1 aromatic carbocycles. The van der Waals surface area contributed by atoms with E-state index >= 15 is 0 Å². The largest absolute Gasteiger partial charge is 0.342 e. The molecular formula is C15H17ClN2O3S2. The highest BCUT2D eigenvalue weighted by atomic mass is 35.5. The fraction of sp³-hybridized carbons (Fsp3) is 0.467. The van der Waals surface area contributed by atoms with Crippen LogP contribution in [0.2, 0.25) is 5.02 Å². The molecule has 0 aromatic heterocycles. The number of hydrogen-bond acceptors (Lipinski definition) is 4. The lowest BCUT2D eigenvalue weighted by molar-refractivity contribution is -0.117. The molecule has 0 saturated carbocycles. The van der Waals surface area contributed by atoms with Crippen LogP contribution >= 0.6 is 23.4 Å². The molecule has 0 radical (unpaired) electrons. The standard InChI is InChI=1S/C15H17ClN2O3S2/c1-2-14(19)17-15-18(7-10-5-3-4-6-11(10)16)12-8-23(20,21)9-13(12)22-15/h3-6,12-13H,2,7-9H2,1H3/t12-,13-/m0/s1. The first-order valence-electron chi connectivity index (χ1n) is 7.38. The number of thioether (sulfide) groups is 1. The minimum atomic E-state index is -3.03. The predicted octanol–water partition coefficient (Wildman–Crippen LogP) is 2.35. The Morgan fingerprint density at radius 1 is 1.39 bits per heavy atom. The van der Waals surface area contributed by atoms with Crippen LogP contribution in [-0.4, -0.2) is 47.2 Å². The van der Waals surface area contributed by atoms with Crippen molar-refractivity contribution in [2.24, 2.45) is 4.99 Å². The van der Waals surface area contributed by atoms with Crippen molar-refractivity contribution in [3.8, 4) is 0 Å². The van der Waals surface area contributed by atoms with Crippen molar-refractivity contribution in [3.63, 3.8) is 0 Å². The second kappa shape index (κ2) is 6.45. The smallest absolute Gasteiger partial charge is 0.247 e.